The minimum Gasteiger partial charge on any atom is -0.388 e. The van der Waals surface area contributed by atoms with Crippen LogP contribution in [-0.2, 0) is 10.2 Å². The van der Waals surface area contributed by atoms with E-state index in [0.29, 0.717) is 6.42 Å². The van der Waals surface area contributed by atoms with Crippen molar-refractivity contribution in [3.05, 3.63) is 47.8 Å². The number of benzene rings is 1. The van der Waals surface area contributed by atoms with E-state index in [2.05, 4.69) is 5.32 Å². The average molecular weight is 303 g/mol. The van der Waals surface area contributed by atoms with Crippen LogP contribution in [0.2, 0.25) is 0 Å². The van der Waals surface area contributed by atoms with Gasteiger partial charge in [0.05, 0.1) is 6.10 Å². The Balaban J connectivity index is 1.81. The summed E-state index contributed by atoms with van der Waals surface area (Å²) in [6, 6.07) is 6.59. The molecule has 2 fully saturated rings. The molecule has 1 saturated carbocycles. The maximum absolute atomic E-state index is 13.6. The van der Waals surface area contributed by atoms with Crippen molar-refractivity contribution in [3.8, 4) is 0 Å². The van der Waals surface area contributed by atoms with Crippen LogP contribution in [0.15, 0.2) is 36.4 Å². The van der Waals surface area contributed by atoms with Crippen molar-refractivity contribution >= 4 is 5.91 Å². The van der Waals surface area contributed by atoms with Gasteiger partial charge in [0.2, 0.25) is 5.91 Å². The number of nitrogens with one attached hydrogen (secondary N) is 1. The summed E-state index contributed by atoms with van der Waals surface area (Å²) in [6.45, 7) is 0. The van der Waals surface area contributed by atoms with Crippen LogP contribution >= 0.6 is 0 Å². The molecule has 1 aliphatic carbocycles. The molecule has 0 bridgehead atoms. The van der Waals surface area contributed by atoms with E-state index in [4.69, 9.17) is 0 Å². The third-order valence-electron chi connectivity index (χ3n) is 5.02. The number of rotatable bonds is 4. The summed E-state index contributed by atoms with van der Waals surface area (Å²) in [6.07, 6.45) is 8.13. The van der Waals surface area contributed by atoms with Crippen molar-refractivity contribution < 1.29 is 14.3 Å². The average Bonchev–Trinajstić information content (AvgIpc) is 3.14. The van der Waals surface area contributed by atoms with Crippen molar-refractivity contribution in [2.45, 2.75) is 56.1 Å². The van der Waals surface area contributed by atoms with Gasteiger partial charge in [-0.1, -0.05) is 37.1 Å². The fraction of sp³-hybridized carbons (Fsp3) is 0.500. The van der Waals surface area contributed by atoms with Crippen LogP contribution in [0.25, 0.3) is 0 Å². The lowest BCUT2D eigenvalue weighted by molar-refractivity contribution is -0.119. The largest absolute Gasteiger partial charge is 0.388 e. The van der Waals surface area contributed by atoms with E-state index in [1.807, 2.05) is 12.1 Å². The van der Waals surface area contributed by atoms with Crippen molar-refractivity contribution in [1.82, 2.24) is 5.32 Å². The Bertz CT molecular complexity index is 578. The molecule has 2 atom stereocenters. The smallest absolute Gasteiger partial charge is 0.220 e. The highest BCUT2D eigenvalue weighted by Gasteiger charge is 2.41. The number of carbonyl (C=O) groups excluding carboxylic acids is 1. The first-order valence-corrected chi connectivity index (χ1v) is 8.02. The van der Waals surface area contributed by atoms with Crippen LogP contribution in [0.1, 0.15) is 44.1 Å². The highest BCUT2D eigenvalue weighted by Crippen LogP contribution is 2.44. The standard InChI is InChI=1S/C18H22FNO2/c19-14-5-3-4-13(12-14)18(10-1-2-11-18)16(21)8-6-15-7-9-17(22)20-15/h3-6,8,12,15-16,21H,1-2,7,9-11H2,(H,20,22)/b8-6+. The summed E-state index contributed by atoms with van der Waals surface area (Å²) in [5, 5.41) is 13.6. The van der Waals surface area contributed by atoms with Crippen molar-refractivity contribution in [2.75, 3.05) is 0 Å². The Morgan fingerprint density at radius 1 is 1.36 bits per heavy atom. The van der Waals surface area contributed by atoms with Crippen LogP contribution < -0.4 is 5.32 Å². The predicted octanol–water partition coefficient (Wildman–Crippen LogP) is 2.83. The van der Waals surface area contributed by atoms with Gasteiger partial charge in [-0.2, -0.15) is 0 Å². The molecule has 22 heavy (non-hydrogen) atoms. The Kier molecular flexibility index (Phi) is 4.30. The zero-order chi connectivity index (χ0) is 15.6. The highest BCUT2D eigenvalue weighted by atomic mass is 19.1. The summed E-state index contributed by atoms with van der Waals surface area (Å²) >= 11 is 0. The number of amides is 1. The highest BCUT2D eigenvalue weighted by molar-refractivity contribution is 5.78. The first kappa shape index (κ1) is 15.2. The van der Waals surface area contributed by atoms with E-state index in [0.717, 1.165) is 37.7 Å². The number of hydrogen-bond acceptors (Lipinski definition) is 2. The molecule has 1 aromatic rings. The SMILES string of the molecule is O=C1CCC(/C=C/C(O)C2(c3cccc(F)c3)CCCC2)N1. The van der Waals surface area contributed by atoms with E-state index in [1.54, 1.807) is 18.2 Å². The normalized spacial score (nSPS) is 25.5. The van der Waals surface area contributed by atoms with Crippen molar-refractivity contribution in [2.24, 2.45) is 0 Å². The molecule has 1 saturated heterocycles. The molecule has 0 radical (unpaired) electrons. The van der Waals surface area contributed by atoms with Crippen LogP contribution in [0.3, 0.4) is 0 Å². The van der Waals surface area contributed by atoms with E-state index < -0.39 is 11.5 Å². The summed E-state index contributed by atoms with van der Waals surface area (Å²) in [5.41, 5.74) is 0.471. The molecule has 4 heteroatoms. The van der Waals surface area contributed by atoms with E-state index in [1.165, 1.54) is 6.07 Å². The maximum atomic E-state index is 13.6. The third-order valence-corrected chi connectivity index (χ3v) is 5.02. The molecule has 2 unspecified atom stereocenters. The summed E-state index contributed by atoms with van der Waals surface area (Å²) in [4.78, 5) is 11.2. The zero-order valence-electron chi connectivity index (χ0n) is 12.6. The number of hydrogen-bond donors (Lipinski definition) is 2. The van der Waals surface area contributed by atoms with Gasteiger partial charge in [-0.15, -0.1) is 0 Å². The minimum atomic E-state index is -0.658. The van der Waals surface area contributed by atoms with E-state index >= 15 is 0 Å². The monoisotopic (exact) mass is 303 g/mol. The van der Waals surface area contributed by atoms with Gasteiger partial charge in [-0.05, 0) is 37.0 Å². The van der Waals surface area contributed by atoms with Crippen molar-refractivity contribution in [3.63, 3.8) is 0 Å². The molecular weight excluding hydrogens is 281 g/mol. The number of aliphatic hydroxyl groups excluding tert-OH is 1. The number of aliphatic hydroxyl groups is 1. The quantitative estimate of drug-likeness (QED) is 0.840. The van der Waals surface area contributed by atoms with E-state index in [9.17, 15) is 14.3 Å². The molecule has 3 nitrogen and oxygen atoms in total. The predicted molar refractivity (Wildman–Crippen MR) is 82.9 cm³/mol. The van der Waals surface area contributed by atoms with Crippen LogP contribution in [-0.4, -0.2) is 23.2 Å². The molecule has 118 valence electrons. The van der Waals surface area contributed by atoms with Gasteiger partial charge < -0.3 is 10.4 Å². The summed E-state index contributed by atoms with van der Waals surface area (Å²) in [5.74, 6) is -0.201. The Morgan fingerprint density at radius 3 is 2.77 bits per heavy atom. The lowest BCUT2D eigenvalue weighted by Gasteiger charge is -2.33. The fourth-order valence-electron chi connectivity index (χ4n) is 3.76. The molecule has 2 N–H and O–H groups in total. The lowest BCUT2D eigenvalue weighted by atomic mass is 9.74. The first-order chi connectivity index (χ1) is 10.6. The third kappa shape index (κ3) is 2.93. The molecule has 1 amide bonds. The molecule has 1 heterocycles. The second-order valence-electron chi connectivity index (χ2n) is 6.42. The molecule has 0 spiro atoms. The Labute approximate surface area is 130 Å². The molecule has 0 aromatic heterocycles. The second kappa shape index (κ2) is 6.21. The minimum absolute atomic E-state index is 0.00751. The number of halogens is 1. The van der Waals surface area contributed by atoms with Gasteiger partial charge in [0.15, 0.2) is 0 Å². The Morgan fingerprint density at radius 2 is 2.14 bits per heavy atom. The maximum Gasteiger partial charge on any atom is 0.220 e. The molecular formula is C18H22FNO2. The molecule has 3 rings (SSSR count). The van der Waals surface area contributed by atoms with Gasteiger partial charge in [-0.3, -0.25) is 4.79 Å². The second-order valence-corrected chi connectivity index (χ2v) is 6.42. The van der Waals surface area contributed by atoms with Gasteiger partial charge in [-0.25, -0.2) is 4.39 Å². The summed E-state index contributed by atoms with van der Waals surface area (Å²) in [7, 11) is 0. The van der Waals surface area contributed by atoms with E-state index in [-0.39, 0.29) is 17.8 Å². The lowest BCUT2D eigenvalue weighted by Crippen LogP contribution is -2.36. The van der Waals surface area contributed by atoms with Gasteiger partial charge in [0, 0.05) is 17.9 Å². The van der Waals surface area contributed by atoms with Gasteiger partial charge in [0.25, 0.3) is 0 Å². The van der Waals surface area contributed by atoms with Crippen LogP contribution in [0.4, 0.5) is 4.39 Å². The first-order valence-electron chi connectivity index (χ1n) is 8.02. The molecule has 1 aromatic carbocycles. The van der Waals surface area contributed by atoms with Gasteiger partial charge in [0.1, 0.15) is 5.82 Å². The van der Waals surface area contributed by atoms with Crippen LogP contribution in [0.5, 0.6) is 0 Å². The van der Waals surface area contributed by atoms with Crippen molar-refractivity contribution in [1.29, 1.82) is 0 Å². The number of carbonyl (C=O) groups is 1. The Hall–Kier alpha value is -1.68. The fourth-order valence-corrected chi connectivity index (χ4v) is 3.76. The van der Waals surface area contributed by atoms with Crippen LogP contribution in [0, 0.1) is 5.82 Å². The molecule has 2 aliphatic rings. The molecule has 1 aliphatic heterocycles. The summed E-state index contributed by atoms with van der Waals surface area (Å²) < 4.78 is 13.6. The topological polar surface area (TPSA) is 49.3 Å². The van der Waals surface area contributed by atoms with Gasteiger partial charge >= 0.3 is 0 Å². The zero-order valence-corrected chi connectivity index (χ0v) is 12.6.